The molecule has 4 nitrogen and oxygen atoms in total. The van der Waals surface area contributed by atoms with Gasteiger partial charge in [-0.3, -0.25) is 4.40 Å². The van der Waals surface area contributed by atoms with E-state index >= 15 is 0 Å². The van der Waals surface area contributed by atoms with Gasteiger partial charge in [-0.25, -0.2) is 0 Å². The van der Waals surface area contributed by atoms with E-state index in [1.54, 1.807) is 0 Å². The summed E-state index contributed by atoms with van der Waals surface area (Å²) in [5.74, 6) is 1.01. The lowest BCUT2D eigenvalue weighted by Crippen LogP contribution is -2.12. The Balaban J connectivity index is 2.37. The van der Waals surface area contributed by atoms with E-state index in [0.717, 1.165) is 24.4 Å². The summed E-state index contributed by atoms with van der Waals surface area (Å²) in [7, 11) is 1.94. The van der Waals surface area contributed by atoms with Crippen molar-refractivity contribution in [3.8, 4) is 0 Å². The summed E-state index contributed by atoms with van der Waals surface area (Å²) in [6.07, 6.45) is 2.93. The predicted octanol–water partition coefficient (Wildman–Crippen LogP) is 0.800. The molecular weight excluding hydrogens is 176 g/mol. The molecule has 0 unspecified atom stereocenters. The maximum atomic E-state index is 4.15. The summed E-state index contributed by atoms with van der Waals surface area (Å²) in [6, 6.07) is 4.11. The zero-order valence-electron chi connectivity index (χ0n) is 8.49. The highest BCUT2D eigenvalue weighted by molar-refractivity contribution is 5.40. The Morgan fingerprint density at radius 3 is 3.07 bits per heavy atom. The summed E-state index contributed by atoms with van der Waals surface area (Å²) >= 11 is 0. The van der Waals surface area contributed by atoms with Crippen LogP contribution in [0, 0.1) is 6.92 Å². The Bertz CT molecular complexity index is 433. The van der Waals surface area contributed by atoms with Crippen molar-refractivity contribution in [1.82, 2.24) is 19.9 Å². The molecule has 0 atom stereocenters. The fraction of sp³-hybridized carbons (Fsp3) is 0.400. The first-order chi connectivity index (χ1) is 6.81. The van der Waals surface area contributed by atoms with Gasteiger partial charge in [0, 0.05) is 19.2 Å². The molecule has 2 aromatic rings. The number of nitrogens with one attached hydrogen (secondary N) is 1. The van der Waals surface area contributed by atoms with Gasteiger partial charge in [0.15, 0.2) is 5.65 Å². The quantitative estimate of drug-likeness (QED) is 0.778. The molecule has 0 radical (unpaired) electrons. The smallest absolute Gasteiger partial charge is 0.161 e. The van der Waals surface area contributed by atoms with Crippen LogP contribution in [0.1, 0.15) is 11.4 Å². The number of hydrogen-bond donors (Lipinski definition) is 1. The average molecular weight is 190 g/mol. The Labute approximate surface area is 83.0 Å². The van der Waals surface area contributed by atoms with Gasteiger partial charge in [-0.1, -0.05) is 0 Å². The van der Waals surface area contributed by atoms with Gasteiger partial charge < -0.3 is 5.32 Å². The molecule has 0 aliphatic rings. The lowest BCUT2D eigenvalue weighted by molar-refractivity contribution is 0.747. The van der Waals surface area contributed by atoms with Crippen LogP contribution >= 0.6 is 0 Å². The van der Waals surface area contributed by atoms with Crippen LogP contribution in [0.3, 0.4) is 0 Å². The third-order valence-electron chi connectivity index (χ3n) is 2.23. The van der Waals surface area contributed by atoms with E-state index in [0.29, 0.717) is 0 Å². The fourth-order valence-electron chi connectivity index (χ4n) is 1.45. The zero-order valence-corrected chi connectivity index (χ0v) is 8.49. The van der Waals surface area contributed by atoms with Crippen LogP contribution in [0.4, 0.5) is 0 Å². The van der Waals surface area contributed by atoms with E-state index < -0.39 is 0 Å². The van der Waals surface area contributed by atoms with Crippen molar-refractivity contribution in [3.63, 3.8) is 0 Å². The lowest BCUT2D eigenvalue weighted by atomic mass is 10.3. The molecule has 2 heterocycles. The van der Waals surface area contributed by atoms with Gasteiger partial charge >= 0.3 is 0 Å². The van der Waals surface area contributed by atoms with Gasteiger partial charge in [0.1, 0.15) is 5.82 Å². The van der Waals surface area contributed by atoms with E-state index in [1.165, 1.54) is 5.56 Å². The fourth-order valence-corrected chi connectivity index (χ4v) is 1.45. The summed E-state index contributed by atoms with van der Waals surface area (Å²) in [5.41, 5.74) is 2.14. The molecule has 0 aliphatic heterocycles. The van der Waals surface area contributed by atoms with Gasteiger partial charge in [-0.2, -0.15) is 0 Å². The second-order valence-electron chi connectivity index (χ2n) is 3.40. The first-order valence-corrected chi connectivity index (χ1v) is 4.76. The van der Waals surface area contributed by atoms with Crippen molar-refractivity contribution in [3.05, 3.63) is 29.7 Å². The van der Waals surface area contributed by atoms with E-state index in [9.17, 15) is 0 Å². The van der Waals surface area contributed by atoms with E-state index in [4.69, 9.17) is 0 Å². The van der Waals surface area contributed by atoms with Crippen molar-refractivity contribution in [2.45, 2.75) is 13.3 Å². The Morgan fingerprint density at radius 2 is 2.29 bits per heavy atom. The minimum absolute atomic E-state index is 0.903. The van der Waals surface area contributed by atoms with Crippen molar-refractivity contribution < 1.29 is 0 Å². The van der Waals surface area contributed by atoms with Crippen LogP contribution in [0.5, 0.6) is 0 Å². The van der Waals surface area contributed by atoms with E-state index in [1.807, 2.05) is 23.7 Å². The number of rotatable bonds is 3. The normalized spacial score (nSPS) is 11.0. The van der Waals surface area contributed by atoms with Crippen LogP contribution < -0.4 is 5.32 Å². The molecule has 0 amide bonds. The first-order valence-electron chi connectivity index (χ1n) is 4.76. The maximum absolute atomic E-state index is 4.15. The number of hydrogen-bond acceptors (Lipinski definition) is 3. The van der Waals surface area contributed by atoms with Crippen LogP contribution in [-0.4, -0.2) is 28.2 Å². The predicted molar refractivity (Wildman–Crippen MR) is 55.4 cm³/mol. The van der Waals surface area contributed by atoms with Crippen LogP contribution in [0.15, 0.2) is 18.3 Å². The lowest BCUT2D eigenvalue weighted by Gasteiger charge is -1.99. The number of aryl methyl sites for hydroxylation is 1. The summed E-state index contributed by atoms with van der Waals surface area (Å²) in [5, 5.41) is 11.4. The maximum Gasteiger partial charge on any atom is 0.161 e. The first kappa shape index (κ1) is 9.15. The number of fused-ring (bicyclic) bond motifs is 1. The molecule has 0 aliphatic carbocycles. The number of likely N-dealkylation sites (N-methyl/N-ethyl adjacent to an activating group) is 1. The monoisotopic (exact) mass is 190 g/mol. The minimum atomic E-state index is 0.903. The molecular formula is C10H14N4. The Kier molecular flexibility index (Phi) is 2.45. The molecule has 4 heteroatoms. The number of pyridine rings is 1. The van der Waals surface area contributed by atoms with Gasteiger partial charge in [-0.15, -0.1) is 10.2 Å². The number of nitrogens with zero attached hydrogens (tertiary/aromatic N) is 3. The van der Waals surface area contributed by atoms with Gasteiger partial charge in [0.25, 0.3) is 0 Å². The zero-order chi connectivity index (χ0) is 9.97. The van der Waals surface area contributed by atoms with E-state index in [2.05, 4.69) is 28.5 Å². The Morgan fingerprint density at radius 1 is 1.43 bits per heavy atom. The van der Waals surface area contributed by atoms with Crippen LogP contribution in [0.25, 0.3) is 5.65 Å². The second kappa shape index (κ2) is 3.75. The molecule has 2 aromatic heterocycles. The highest BCUT2D eigenvalue weighted by Gasteiger charge is 2.03. The summed E-state index contributed by atoms with van der Waals surface area (Å²) < 4.78 is 2.03. The molecule has 14 heavy (non-hydrogen) atoms. The Hall–Kier alpha value is -1.42. The van der Waals surface area contributed by atoms with Gasteiger partial charge in [0.05, 0.1) is 0 Å². The second-order valence-corrected chi connectivity index (χ2v) is 3.40. The van der Waals surface area contributed by atoms with Crippen molar-refractivity contribution in [2.75, 3.05) is 13.6 Å². The van der Waals surface area contributed by atoms with E-state index in [-0.39, 0.29) is 0 Å². The SMILES string of the molecule is CNCCc1nnc2cc(C)ccn12. The largest absolute Gasteiger partial charge is 0.319 e. The molecule has 0 bridgehead atoms. The van der Waals surface area contributed by atoms with Crippen molar-refractivity contribution in [1.29, 1.82) is 0 Å². The van der Waals surface area contributed by atoms with Crippen molar-refractivity contribution >= 4 is 5.65 Å². The summed E-state index contributed by atoms with van der Waals surface area (Å²) in [4.78, 5) is 0. The minimum Gasteiger partial charge on any atom is -0.319 e. The van der Waals surface area contributed by atoms with Gasteiger partial charge in [-0.05, 0) is 31.7 Å². The van der Waals surface area contributed by atoms with Crippen LogP contribution in [-0.2, 0) is 6.42 Å². The molecule has 0 saturated heterocycles. The van der Waals surface area contributed by atoms with Crippen molar-refractivity contribution in [2.24, 2.45) is 0 Å². The molecule has 2 rings (SSSR count). The highest BCUT2D eigenvalue weighted by Crippen LogP contribution is 2.06. The third-order valence-corrected chi connectivity index (χ3v) is 2.23. The molecule has 1 N–H and O–H groups in total. The third kappa shape index (κ3) is 1.61. The van der Waals surface area contributed by atoms with Gasteiger partial charge in [0.2, 0.25) is 0 Å². The topological polar surface area (TPSA) is 42.2 Å². The molecule has 0 fully saturated rings. The average Bonchev–Trinajstić information content (AvgIpc) is 2.57. The standard InChI is InChI=1S/C10H14N4/c1-8-4-6-14-9(3-5-11-2)12-13-10(14)7-8/h4,6-7,11H,3,5H2,1-2H3. The highest BCUT2D eigenvalue weighted by atomic mass is 15.2. The van der Waals surface area contributed by atoms with Crippen LogP contribution in [0.2, 0.25) is 0 Å². The summed E-state index contributed by atoms with van der Waals surface area (Å²) in [6.45, 7) is 2.98. The number of aromatic nitrogens is 3. The molecule has 0 aromatic carbocycles. The molecule has 0 spiro atoms. The molecule has 0 saturated carbocycles. The molecule has 74 valence electrons.